The Hall–Kier alpha value is -2.24. The molecule has 0 unspecified atom stereocenters. The summed E-state index contributed by atoms with van der Waals surface area (Å²) in [5.74, 6) is 0.363. The lowest BCUT2D eigenvalue weighted by Crippen LogP contribution is -2.40. The fraction of sp³-hybridized carbons (Fsp3) is 0.429. The minimum atomic E-state index is -0.234. The number of hydrogen-bond donors (Lipinski definition) is 2. The van der Waals surface area contributed by atoms with Crippen molar-refractivity contribution in [1.29, 1.82) is 0 Å². The molecular weight excluding hydrogens is 254 g/mol. The number of nitrogens with zero attached hydrogens (tertiary/aromatic N) is 3. The second-order valence-electron chi connectivity index (χ2n) is 5.14. The Bertz CT molecular complexity index is 630. The van der Waals surface area contributed by atoms with Crippen LogP contribution in [0.15, 0.2) is 24.5 Å². The van der Waals surface area contributed by atoms with Gasteiger partial charge in [0, 0.05) is 18.4 Å². The fourth-order valence-electron chi connectivity index (χ4n) is 2.77. The van der Waals surface area contributed by atoms with Crippen LogP contribution in [0.2, 0.25) is 0 Å². The highest BCUT2D eigenvalue weighted by molar-refractivity contribution is 5.78. The van der Waals surface area contributed by atoms with E-state index in [9.17, 15) is 4.79 Å². The van der Waals surface area contributed by atoms with E-state index in [4.69, 9.17) is 5.73 Å². The summed E-state index contributed by atoms with van der Waals surface area (Å²) in [5.41, 5.74) is 6.84. The van der Waals surface area contributed by atoms with Gasteiger partial charge in [-0.05, 0) is 25.0 Å². The van der Waals surface area contributed by atoms with Crippen LogP contribution >= 0.6 is 0 Å². The molecule has 1 saturated carbocycles. The lowest BCUT2D eigenvalue weighted by molar-refractivity contribution is -0.122. The normalized spacial score (nSPS) is 22.6. The highest BCUT2D eigenvalue weighted by atomic mass is 16.1. The highest BCUT2D eigenvalue weighted by Gasteiger charge is 2.29. The minimum Gasteiger partial charge on any atom is -0.369 e. The number of primary amides is 1. The predicted octanol–water partition coefficient (Wildman–Crippen LogP) is 1.48. The standard InChI is InChI=1S/C14H17N5O/c15-13(20)9-3-1-2-4-10(9)18-12-6-5-11-14(19-12)17-8-7-16-11/h5-10H,1-4H2,(H2,15,20)(H,17,18,19)/t9-,10+/m0/s1. The predicted molar refractivity (Wildman–Crippen MR) is 75.9 cm³/mol. The van der Waals surface area contributed by atoms with Gasteiger partial charge in [0.1, 0.15) is 11.3 Å². The number of nitrogens with two attached hydrogens (primary N) is 1. The van der Waals surface area contributed by atoms with E-state index in [2.05, 4.69) is 20.3 Å². The van der Waals surface area contributed by atoms with Crippen LogP contribution in [0.25, 0.3) is 11.2 Å². The van der Waals surface area contributed by atoms with Crippen molar-refractivity contribution in [3.63, 3.8) is 0 Å². The molecule has 20 heavy (non-hydrogen) atoms. The van der Waals surface area contributed by atoms with Crippen LogP contribution in [0.4, 0.5) is 5.82 Å². The van der Waals surface area contributed by atoms with E-state index in [1.54, 1.807) is 12.4 Å². The zero-order chi connectivity index (χ0) is 13.9. The summed E-state index contributed by atoms with van der Waals surface area (Å²) < 4.78 is 0. The number of anilines is 1. The molecule has 1 aliphatic carbocycles. The molecule has 0 saturated heterocycles. The number of rotatable bonds is 3. The van der Waals surface area contributed by atoms with Crippen LogP contribution in [0.1, 0.15) is 25.7 Å². The van der Waals surface area contributed by atoms with Gasteiger partial charge in [-0.1, -0.05) is 12.8 Å². The number of amides is 1. The molecule has 1 amide bonds. The van der Waals surface area contributed by atoms with E-state index in [1.807, 2.05) is 12.1 Å². The van der Waals surface area contributed by atoms with Gasteiger partial charge in [-0.2, -0.15) is 0 Å². The molecule has 1 aliphatic rings. The van der Waals surface area contributed by atoms with Crippen LogP contribution in [-0.4, -0.2) is 26.9 Å². The first-order chi connectivity index (χ1) is 9.74. The molecule has 2 aromatic rings. The van der Waals surface area contributed by atoms with Gasteiger partial charge < -0.3 is 11.1 Å². The van der Waals surface area contributed by atoms with Crippen molar-refractivity contribution in [3.8, 4) is 0 Å². The quantitative estimate of drug-likeness (QED) is 0.881. The summed E-state index contributed by atoms with van der Waals surface area (Å²) in [7, 11) is 0. The monoisotopic (exact) mass is 271 g/mol. The Morgan fingerprint density at radius 1 is 1.20 bits per heavy atom. The maximum Gasteiger partial charge on any atom is 0.222 e. The van der Waals surface area contributed by atoms with E-state index in [1.165, 1.54) is 0 Å². The summed E-state index contributed by atoms with van der Waals surface area (Å²) in [6, 6.07) is 3.80. The van der Waals surface area contributed by atoms with Crippen molar-refractivity contribution in [2.75, 3.05) is 5.32 Å². The molecule has 1 fully saturated rings. The summed E-state index contributed by atoms with van der Waals surface area (Å²) in [4.78, 5) is 24.3. The van der Waals surface area contributed by atoms with Crippen molar-refractivity contribution in [2.45, 2.75) is 31.7 Å². The van der Waals surface area contributed by atoms with Gasteiger partial charge in [-0.25, -0.2) is 9.97 Å². The third kappa shape index (κ3) is 2.54. The molecular formula is C14H17N5O. The van der Waals surface area contributed by atoms with E-state index >= 15 is 0 Å². The number of aromatic nitrogens is 3. The number of hydrogen-bond acceptors (Lipinski definition) is 5. The smallest absolute Gasteiger partial charge is 0.222 e. The van der Waals surface area contributed by atoms with Crippen LogP contribution in [0.5, 0.6) is 0 Å². The van der Waals surface area contributed by atoms with Gasteiger partial charge in [0.25, 0.3) is 0 Å². The number of pyridine rings is 1. The molecule has 3 rings (SSSR count). The minimum absolute atomic E-state index is 0.0582. The van der Waals surface area contributed by atoms with Gasteiger partial charge in [-0.3, -0.25) is 9.78 Å². The average molecular weight is 271 g/mol. The van der Waals surface area contributed by atoms with Gasteiger partial charge in [0.05, 0.1) is 5.92 Å². The van der Waals surface area contributed by atoms with Crippen LogP contribution < -0.4 is 11.1 Å². The Morgan fingerprint density at radius 3 is 2.85 bits per heavy atom. The van der Waals surface area contributed by atoms with Crippen LogP contribution in [0, 0.1) is 5.92 Å². The fourth-order valence-corrected chi connectivity index (χ4v) is 2.77. The van der Waals surface area contributed by atoms with Crippen molar-refractivity contribution in [2.24, 2.45) is 11.7 Å². The first kappa shape index (κ1) is 12.8. The topological polar surface area (TPSA) is 93.8 Å². The number of carbonyl (C=O) groups excluding carboxylic acids is 1. The number of nitrogens with one attached hydrogen (secondary N) is 1. The van der Waals surface area contributed by atoms with Gasteiger partial charge in [-0.15, -0.1) is 0 Å². The van der Waals surface area contributed by atoms with E-state index in [0.717, 1.165) is 37.0 Å². The Balaban J connectivity index is 1.82. The lowest BCUT2D eigenvalue weighted by Gasteiger charge is -2.30. The SMILES string of the molecule is NC(=O)[C@H]1CCCC[C@H]1Nc1ccc2nccnc2n1. The molecule has 0 aliphatic heterocycles. The number of fused-ring (bicyclic) bond motifs is 1. The molecule has 2 atom stereocenters. The summed E-state index contributed by atoms with van der Waals surface area (Å²) in [5, 5.41) is 3.32. The summed E-state index contributed by atoms with van der Waals surface area (Å²) >= 11 is 0. The molecule has 0 spiro atoms. The van der Waals surface area contributed by atoms with Gasteiger partial charge in [0.2, 0.25) is 5.91 Å². The highest BCUT2D eigenvalue weighted by Crippen LogP contribution is 2.26. The van der Waals surface area contributed by atoms with Crippen molar-refractivity contribution in [1.82, 2.24) is 15.0 Å². The first-order valence-corrected chi connectivity index (χ1v) is 6.87. The zero-order valence-corrected chi connectivity index (χ0v) is 11.1. The second-order valence-corrected chi connectivity index (χ2v) is 5.14. The van der Waals surface area contributed by atoms with E-state index < -0.39 is 0 Å². The Labute approximate surface area is 116 Å². The van der Waals surface area contributed by atoms with Crippen molar-refractivity contribution >= 4 is 22.9 Å². The largest absolute Gasteiger partial charge is 0.369 e. The van der Waals surface area contributed by atoms with Crippen LogP contribution in [-0.2, 0) is 4.79 Å². The van der Waals surface area contributed by atoms with E-state index in [-0.39, 0.29) is 17.9 Å². The first-order valence-electron chi connectivity index (χ1n) is 6.87. The molecule has 0 radical (unpaired) electrons. The van der Waals surface area contributed by atoms with Gasteiger partial charge in [0.15, 0.2) is 5.65 Å². The average Bonchev–Trinajstić information content (AvgIpc) is 2.47. The number of carbonyl (C=O) groups is 1. The molecule has 0 bridgehead atoms. The van der Waals surface area contributed by atoms with Crippen molar-refractivity contribution < 1.29 is 4.79 Å². The third-order valence-corrected chi connectivity index (χ3v) is 3.80. The van der Waals surface area contributed by atoms with E-state index in [0.29, 0.717) is 5.65 Å². The molecule has 3 N–H and O–H groups in total. The molecule has 6 nitrogen and oxygen atoms in total. The molecule has 2 aromatic heterocycles. The summed E-state index contributed by atoms with van der Waals surface area (Å²) in [6.07, 6.45) is 7.21. The molecule has 0 aromatic carbocycles. The summed E-state index contributed by atoms with van der Waals surface area (Å²) in [6.45, 7) is 0. The lowest BCUT2D eigenvalue weighted by atomic mass is 9.84. The maximum absolute atomic E-state index is 11.5. The second kappa shape index (κ2) is 5.40. The Kier molecular flexibility index (Phi) is 3.45. The molecule has 6 heteroatoms. The molecule has 2 heterocycles. The Morgan fingerprint density at radius 2 is 2.00 bits per heavy atom. The zero-order valence-electron chi connectivity index (χ0n) is 11.1. The van der Waals surface area contributed by atoms with Crippen LogP contribution in [0.3, 0.4) is 0 Å². The van der Waals surface area contributed by atoms with Crippen molar-refractivity contribution in [3.05, 3.63) is 24.5 Å². The maximum atomic E-state index is 11.5. The molecule has 104 valence electrons. The third-order valence-electron chi connectivity index (χ3n) is 3.80. The van der Waals surface area contributed by atoms with Gasteiger partial charge >= 0.3 is 0 Å².